The van der Waals surface area contributed by atoms with Gasteiger partial charge < -0.3 is 8.98 Å². The van der Waals surface area contributed by atoms with E-state index in [0.29, 0.717) is 11.8 Å². The number of rotatable bonds is 6. The number of likely N-dealkylation sites (tertiary alicyclic amines) is 1. The summed E-state index contributed by atoms with van der Waals surface area (Å²) in [5, 5.41) is 8.56. The molecule has 28 heavy (non-hydrogen) atoms. The molecular weight excluding hydrogens is 348 g/mol. The lowest BCUT2D eigenvalue weighted by Gasteiger charge is -2.31. The molecule has 0 N–H and O–H groups in total. The van der Waals surface area contributed by atoms with Gasteiger partial charge in [-0.1, -0.05) is 24.3 Å². The molecule has 1 aliphatic rings. The van der Waals surface area contributed by atoms with Crippen LogP contribution in [0.1, 0.15) is 42.0 Å². The first kappa shape index (κ1) is 18.9. The van der Waals surface area contributed by atoms with E-state index >= 15 is 0 Å². The Morgan fingerprint density at radius 3 is 2.75 bits per heavy atom. The molecule has 1 aliphatic heterocycles. The minimum Gasteiger partial charge on any atom is -0.418 e. The van der Waals surface area contributed by atoms with Gasteiger partial charge in [-0.25, -0.2) is 0 Å². The van der Waals surface area contributed by atoms with Crippen molar-refractivity contribution in [2.24, 2.45) is 13.0 Å². The van der Waals surface area contributed by atoms with Crippen molar-refractivity contribution in [2.75, 3.05) is 13.1 Å². The van der Waals surface area contributed by atoms with E-state index in [1.807, 2.05) is 13.1 Å². The summed E-state index contributed by atoms with van der Waals surface area (Å²) >= 11 is 0. The Hall–Kier alpha value is -2.40. The van der Waals surface area contributed by atoms with E-state index in [-0.39, 0.29) is 0 Å². The Morgan fingerprint density at radius 1 is 1.11 bits per heavy atom. The smallest absolute Gasteiger partial charge is 0.264 e. The standard InChI is InChI=1S/C23H30N4O/c1-17-7-4-5-9-20(17)12-11-19-8-6-14-27(15-19)16-22-24-25-23(28-22)21-13-10-18(2)26(21)3/h4-5,7,9-10,13,19H,6,8,11-12,14-16H2,1-3H3. The van der Waals surface area contributed by atoms with Crippen LogP contribution in [0.4, 0.5) is 0 Å². The summed E-state index contributed by atoms with van der Waals surface area (Å²) in [6, 6.07) is 12.9. The van der Waals surface area contributed by atoms with Crippen LogP contribution in [0.5, 0.6) is 0 Å². The number of aromatic nitrogens is 3. The van der Waals surface area contributed by atoms with Crippen molar-refractivity contribution in [1.82, 2.24) is 19.7 Å². The summed E-state index contributed by atoms with van der Waals surface area (Å²) in [4.78, 5) is 2.47. The molecule has 0 saturated carbocycles. The summed E-state index contributed by atoms with van der Waals surface area (Å²) in [6.45, 7) is 7.27. The number of aryl methyl sites for hydroxylation is 3. The van der Waals surface area contributed by atoms with E-state index < -0.39 is 0 Å². The van der Waals surface area contributed by atoms with Crippen LogP contribution in [-0.4, -0.2) is 32.8 Å². The highest BCUT2D eigenvalue weighted by Crippen LogP contribution is 2.25. The highest BCUT2D eigenvalue weighted by molar-refractivity contribution is 5.48. The molecule has 1 saturated heterocycles. The number of piperidine rings is 1. The van der Waals surface area contributed by atoms with Crippen LogP contribution in [0.15, 0.2) is 40.8 Å². The van der Waals surface area contributed by atoms with Gasteiger partial charge >= 0.3 is 0 Å². The van der Waals surface area contributed by atoms with E-state index in [1.165, 1.54) is 42.5 Å². The summed E-state index contributed by atoms with van der Waals surface area (Å²) < 4.78 is 8.05. The lowest BCUT2D eigenvalue weighted by atomic mass is 9.90. The van der Waals surface area contributed by atoms with Crippen LogP contribution in [-0.2, 0) is 20.0 Å². The molecular formula is C23H30N4O. The van der Waals surface area contributed by atoms with Gasteiger partial charge in [0.1, 0.15) is 5.69 Å². The molecule has 1 atom stereocenters. The molecule has 148 valence electrons. The average Bonchev–Trinajstić information content (AvgIpc) is 3.28. The van der Waals surface area contributed by atoms with Gasteiger partial charge in [0, 0.05) is 19.3 Å². The average molecular weight is 379 g/mol. The van der Waals surface area contributed by atoms with Gasteiger partial charge in [0.05, 0.1) is 6.54 Å². The third-order valence-corrected chi connectivity index (χ3v) is 6.10. The molecule has 0 radical (unpaired) electrons. The summed E-state index contributed by atoms with van der Waals surface area (Å²) in [5.41, 5.74) is 5.05. The van der Waals surface area contributed by atoms with E-state index in [9.17, 15) is 0 Å². The third kappa shape index (κ3) is 4.20. The van der Waals surface area contributed by atoms with Gasteiger partial charge in [-0.3, -0.25) is 4.90 Å². The lowest BCUT2D eigenvalue weighted by molar-refractivity contribution is 0.150. The Balaban J connectivity index is 1.34. The number of hydrogen-bond donors (Lipinski definition) is 0. The molecule has 0 bridgehead atoms. The minimum atomic E-state index is 0.610. The molecule has 5 heteroatoms. The highest BCUT2D eigenvalue weighted by atomic mass is 16.4. The second kappa shape index (κ2) is 8.31. The number of benzene rings is 1. The van der Waals surface area contributed by atoms with Crippen LogP contribution >= 0.6 is 0 Å². The molecule has 1 fully saturated rings. The normalized spacial score (nSPS) is 17.9. The fraction of sp³-hybridized carbons (Fsp3) is 0.478. The first-order valence-electron chi connectivity index (χ1n) is 10.3. The Morgan fingerprint density at radius 2 is 1.96 bits per heavy atom. The van der Waals surface area contributed by atoms with Crippen LogP contribution in [0.3, 0.4) is 0 Å². The highest BCUT2D eigenvalue weighted by Gasteiger charge is 2.22. The van der Waals surface area contributed by atoms with E-state index in [4.69, 9.17) is 4.42 Å². The summed E-state index contributed by atoms with van der Waals surface area (Å²) in [6.07, 6.45) is 4.98. The predicted molar refractivity (Wildman–Crippen MR) is 111 cm³/mol. The molecule has 3 heterocycles. The fourth-order valence-corrected chi connectivity index (χ4v) is 4.22. The third-order valence-electron chi connectivity index (χ3n) is 6.10. The molecule has 2 aromatic heterocycles. The van der Waals surface area contributed by atoms with Crippen molar-refractivity contribution in [2.45, 2.75) is 46.1 Å². The van der Waals surface area contributed by atoms with Crippen LogP contribution in [0.25, 0.3) is 11.6 Å². The van der Waals surface area contributed by atoms with Crippen LogP contribution in [0.2, 0.25) is 0 Å². The maximum Gasteiger partial charge on any atom is 0.264 e. The summed E-state index contributed by atoms with van der Waals surface area (Å²) in [7, 11) is 2.03. The monoisotopic (exact) mass is 378 g/mol. The SMILES string of the molecule is Cc1ccccc1CCC1CCCN(Cc2nnc(-c3ccc(C)n3C)o2)C1. The largest absolute Gasteiger partial charge is 0.418 e. The number of hydrogen-bond acceptors (Lipinski definition) is 4. The van der Waals surface area contributed by atoms with E-state index in [2.05, 4.69) is 63.8 Å². The van der Waals surface area contributed by atoms with Gasteiger partial charge in [-0.2, -0.15) is 0 Å². The van der Waals surface area contributed by atoms with Crippen molar-refractivity contribution in [3.63, 3.8) is 0 Å². The van der Waals surface area contributed by atoms with Crippen LogP contribution in [0, 0.1) is 19.8 Å². The van der Waals surface area contributed by atoms with Crippen molar-refractivity contribution >= 4 is 0 Å². The Labute approximate surface area is 167 Å². The lowest BCUT2D eigenvalue weighted by Crippen LogP contribution is -2.35. The molecule has 0 aliphatic carbocycles. The van der Waals surface area contributed by atoms with Crippen molar-refractivity contribution in [3.05, 3.63) is 59.1 Å². The van der Waals surface area contributed by atoms with E-state index in [0.717, 1.165) is 31.2 Å². The van der Waals surface area contributed by atoms with Crippen molar-refractivity contribution in [1.29, 1.82) is 0 Å². The quantitative estimate of drug-likeness (QED) is 0.632. The first-order valence-corrected chi connectivity index (χ1v) is 10.3. The van der Waals surface area contributed by atoms with Gasteiger partial charge in [-0.15, -0.1) is 10.2 Å². The molecule has 0 amide bonds. The van der Waals surface area contributed by atoms with Crippen molar-refractivity contribution < 1.29 is 4.42 Å². The molecule has 3 aromatic rings. The first-order chi connectivity index (χ1) is 13.6. The molecule has 0 spiro atoms. The Bertz CT molecular complexity index is 926. The van der Waals surface area contributed by atoms with Gasteiger partial charge in [0.25, 0.3) is 5.89 Å². The molecule has 1 unspecified atom stereocenters. The zero-order valence-electron chi connectivity index (χ0n) is 17.2. The van der Waals surface area contributed by atoms with Gasteiger partial charge in [0.2, 0.25) is 5.89 Å². The Kier molecular flexibility index (Phi) is 5.62. The zero-order chi connectivity index (χ0) is 19.5. The topological polar surface area (TPSA) is 47.1 Å². The number of nitrogens with zero attached hydrogens (tertiary/aromatic N) is 4. The fourth-order valence-electron chi connectivity index (χ4n) is 4.22. The minimum absolute atomic E-state index is 0.610. The zero-order valence-corrected chi connectivity index (χ0v) is 17.2. The van der Waals surface area contributed by atoms with Crippen molar-refractivity contribution in [3.8, 4) is 11.6 Å². The molecule has 1 aromatic carbocycles. The van der Waals surface area contributed by atoms with E-state index in [1.54, 1.807) is 0 Å². The molecule has 5 nitrogen and oxygen atoms in total. The second-order valence-corrected chi connectivity index (χ2v) is 8.13. The predicted octanol–water partition coefficient (Wildman–Crippen LogP) is 4.54. The van der Waals surface area contributed by atoms with Gasteiger partial charge in [-0.05, 0) is 75.3 Å². The van der Waals surface area contributed by atoms with Crippen LogP contribution < -0.4 is 0 Å². The maximum absolute atomic E-state index is 5.96. The molecule has 4 rings (SSSR count). The maximum atomic E-state index is 5.96. The van der Waals surface area contributed by atoms with Gasteiger partial charge in [0.15, 0.2) is 0 Å². The summed E-state index contributed by atoms with van der Waals surface area (Å²) in [5.74, 6) is 2.07. The second-order valence-electron chi connectivity index (χ2n) is 8.13.